The predicted octanol–water partition coefficient (Wildman–Crippen LogP) is 26.6. The van der Waals surface area contributed by atoms with E-state index < -0.39 is 20.2 Å². The van der Waals surface area contributed by atoms with E-state index in [2.05, 4.69) is 382 Å². The van der Waals surface area contributed by atoms with E-state index >= 15 is 0 Å². The summed E-state index contributed by atoms with van der Waals surface area (Å²) in [7, 11) is -8.50. The largest absolute Gasteiger partial charge is 0.748 e. The topological polar surface area (TPSA) is 238 Å². The van der Waals surface area contributed by atoms with Crippen LogP contribution in [0.1, 0.15) is 283 Å². The second-order valence-corrected chi connectivity index (χ2v) is 47.7. The van der Waals surface area contributed by atoms with Gasteiger partial charge in [0.2, 0.25) is 22.7 Å². The first-order valence-electron chi connectivity index (χ1n) is 52.6. The summed E-state index contributed by atoms with van der Waals surface area (Å²) in [6.45, 7) is 65.5. The first-order chi connectivity index (χ1) is 67.8. The number of nitrogens with two attached hydrogens (primary N) is 3. The average molecular weight is 1980 g/mol. The molecule has 0 radical (unpaired) electrons. The molecule has 18 nitrogen and oxygen atoms in total. The molecule has 0 unspecified atom stereocenters. The van der Waals surface area contributed by atoms with Crippen LogP contribution in [-0.4, -0.2) is 136 Å². The number of likely N-dealkylation sites (N-methyl/N-ethyl adjacent to an activating group) is 2. The number of nitrogen functional groups attached to an aromatic ring is 3. The van der Waals surface area contributed by atoms with Crippen molar-refractivity contribution in [3.05, 3.63) is 320 Å². The molecule has 16 rings (SSSR count). The summed E-state index contributed by atoms with van der Waals surface area (Å²) in [6, 6.07) is 51.3. The van der Waals surface area contributed by atoms with Crippen molar-refractivity contribution in [3.8, 4) is 5.75 Å². The quantitative estimate of drug-likeness (QED) is 0.0104. The fourth-order valence-corrected chi connectivity index (χ4v) is 24.5. The number of phenolic OH excluding ortho intramolecular Hbond substituents is 1. The van der Waals surface area contributed by atoms with Gasteiger partial charge in [0.25, 0.3) is 0 Å². The number of benzene rings is 8. The van der Waals surface area contributed by atoms with Gasteiger partial charge in [-0.15, -0.1) is 0 Å². The fourth-order valence-electron chi connectivity index (χ4n) is 23.4. The zero-order valence-corrected chi connectivity index (χ0v) is 92.7. The molecule has 20 heteroatoms. The molecule has 7 N–H and O–H groups in total. The highest BCUT2D eigenvalue weighted by Crippen LogP contribution is 2.55. The van der Waals surface area contributed by atoms with E-state index in [4.69, 9.17) is 17.2 Å². The molecule has 0 fully saturated rings. The molecule has 144 heavy (non-hydrogen) atoms. The molecule has 8 heterocycles. The van der Waals surface area contributed by atoms with Gasteiger partial charge in [0.05, 0.1) is 41.9 Å². The Morgan fingerprint density at radius 2 is 0.583 bits per heavy atom. The molecule has 0 aliphatic carbocycles. The monoisotopic (exact) mass is 1980 g/mol. The smallest absolute Gasteiger partial charge is 0.210 e. The third-order valence-corrected chi connectivity index (χ3v) is 32.9. The van der Waals surface area contributed by atoms with Gasteiger partial charge in [0.1, 0.15) is 31.9 Å². The van der Waals surface area contributed by atoms with Gasteiger partial charge in [0.15, 0.2) is 22.8 Å². The van der Waals surface area contributed by atoms with Crippen molar-refractivity contribution in [1.82, 2.24) is 0 Å². The Bertz CT molecular complexity index is 6720. The predicted molar refractivity (Wildman–Crippen MR) is 606 cm³/mol. The Balaban J connectivity index is 0.000000163. The van der Waals surface area contributed by atoms with E-state index in [-0.39, 0.29) is 54.8 Å². The number of hydrogen-bond acceptors (Lipinski definition) is 14. The number of aryl methyl sites for hydroxylation is 4. The van der Waals surface area contributed by atoms with Crippen molar-refractivity contribution in [2.24, 2.45) is 0 Å². The molecule has 0 amide bonds. The van der Waals surface area contributed by atoms with Crippen molar-refractivity contribution in [1.29, 1.82) is 0 Å². The maximum absolute atomic E-state index is 11.1. The van der Waals surface area contributed by atoms with Crippen LogP contribution in [-0.2, 0) is 63.6 Å². The molecule has 0 aromatic heterocycles. The van der Waals surface area contributed by atoms with Crippen molar-refractivity contribution in [2.45, 2.75) is 288 Å². The second kappa shape index (κ2) is 43.5. The van der Waals surface area contributed by atoms with Crippen molar-refractivity contribution in [2.75, 3.05) is 101 Å². The van der Waals surface area contributed by atoms with E-state index in [9.17, 15) is 31.0 Å². The summed E-state index contributed by atoms with van der Waals surface area (Å²) >= 11 is 0. The van der Waals surface area contributed by atoms with Crippen LogP contribution in [0.3, 0.4) is 0 Å². The molecular formula is C124H163N11O7S2+2. The minimum atomic E-state index is -4.26. The van der Waals surface area contributed by atoms with Gasteiger partial charge in [-0.2, -0.15) is 18.3 Å². The summed E-state index contributed by atoms with van der Waals surface area (Å²) in [4.78, 5) is 9.69. The Labute approximate surface area is 863 Å². The van der Waals surface area contributed by atoms with Gasteiger partial charge in [-0.3, -0.25) is 0 Å². The van der Waals surface area contributed by atoms with Gasteiger partial charge < -0.3 is 51.0 Å². The Morgan fingerprint density at radius 3 is 0.917 bits per heavy atom. The molecule has 8 aromatic rings. The number of anilines is 7. The molecule has 766 valence electrons. The number of fused-ring (bicyclic) bond motifs is 8. The number of rotatable bonds is 31. The highest BCUT2D eigenvalue weighted by atomic mass is 32.2. The molecule has 0 spiro atoms. The molecule has 0 bridgehead atoms. The summed E-state index contributed by atoms with van der Waals surface area (Å²) in [5, 5.41) is 10.1. The van der Waals surface area contributed by atoms with E-state index in [0.29, 0.717) is 50.2 Å². The lowest BCUT2D eigenvalue weighted by molar-refractivity contribution is -0.438. The molecule has 0 saturated heterocycles. The molecule has 0 atom stereocenters. The van der Waals surface area contributed by atoms with Crippen molar-refractivity contribution >= 4 is 106 Å². The lowest BCUT2D eigenvalue weighted by Gasteiger charge is -2.27. The fraction of sp³-hybridized carbons (Fsp3) is 0.435. The van der Waals surface area contributed by atoms with Crippen LogP contribution in [0.15, 0.2) is 253 Å². The van der Waals surface area contributed by atoms with Crippen molar-refractivity contribution in [3.63, 3.8) is 0 Å². The number of nitrogens with zero attached hydrogens (tertiary/aromatic N) is 8. The highest BCUT2D eigenvalue weighted by Gasteiger charge is 2.51. The van der Waals surface area contributed by atoms with Gasteiger partial charge >= 0.3 is 0 Å². The lowest BCUT2D eigenvalue weighted by atomic mass is 9.81. The van der Waals surface area contributed by atoms with Crippen LogP contribution in [0.2, 0.25) is 0 Å². The van der Waals surface area contributed by atoms with Crippen LogP contribution >= 0.6 is 0 Å². The lowest BCUT2D eigenvalue weighted by Crippen LogP contribution is -2.28. The molecule has 8 aliphatic heterocycles. The van der Waals surface area contributed by atoms with Crippen LogP contribution in [0.4, 0.5) is 62.6 Å². The molecular weight excluding hydrogens is 1820 g/mol. The maximum Gasteiger partial charge on any atom is 0.210 e. The third kappa shape index (κ3) is 22.3. The Kier molecular flexibility index (Phi) is 33.1. The van der Waals surface area contributed by atoms with Crippen LogP contribution in [0.5, 0.6) is 5.75 Å². The number of hydrogen-bond donors (Lipinski definition) is 4. The molecule has 8 aliphatic rings. The molecule has 0 saturated carbocycles. The third-order valence-electron chi connectivity index (χ3n) is 31.4. The minimum absolute atomic E-state index is 0.0145. The summed E-state index contributed by atoms with van der Waals surface area (Å²) in [5.74, 6) is -0.417. The van der Waals surface area contributed by atoms with Crippen LogP contribution in [0.25, 0.3) is 0 Å². The van der Waals surface area contributed by atoms with E-state index in [1.54, 1.807) is 6.07 Å². The zero-order valence-electron chi connectivity index (χ0n) is 91.1. The van der Waals surface area contributed by atoms with Gasteiger partial charge in [-0.25, -0.2) is 16.8 Å². The SMILES string of the molecule is CCCCCN1C(=CC=CC2=[N+](CCCCC)c3ccc(N)cc3C2(C)C)C(C)(C)c2cc(C)ccc21.CCN1C(=CC=CC2=[N+](CC)c3ccc(N)cc3C2(C)C)C(C)(C)c2cc(C)ccc21.CCN1C(=CC=CC2=[N+](CC)c3ccc(O)cc3C2(C)C)C(C)(C)c2cc(C)ccc21.Cc1ccc2c(c1)C(C)(C)\C(=C/C=C/C=C/C1=[N+](CCCCS(=O)(=O)[O-])c3ccc(N)cc3C1(C)C)N2CCCCS(=O)(=O)[O-]. The number of aromatic hydroxyl groups is 1. The van der Waals surface area contributed by atoms with E-state index in [1.807, 2.05) is 60.7 Å². The first kappa shape index (κ1) is 110. The number of unbranched alkanes of at least 4 members (excludes halogenated alkanes) is 6. The summed E-state index contributed by atoms with van der Waals surface area (Å²) in [6.07, 6.45) is 39.9. The number of allylic oxidation sites excluding steroid dienone is 18. The normalized spacial score (nSPS) is 19.2. The summed E-state index contributed by atoms with van der Waals surface area (Å²) < 4.78 is 76.2. The number of phenols is 1. The van der Waals surface area contributed by atoms with Gasteiger partial charge in [-0.05, 0) is 262 Å². The summed E-state index contributed by atoms with van der Waals surface area (Å²) in [5.41, 5.74) is 55.4. The van der Waals surface area contributed by atoms with E-state index in [0.717, 1.165) is 84.6 Å². The highest BCUT2D eigenvalue weighted by molar-refractivity contribution is 7.85. The van der Waals surface area contributed by atoms with Gasteiger partial charge in [-0.1, -0.05) is 196 Å². The Morgan fingerprint density at radius 1 is 0.306 bits per heavy atom. The van der Waals surface area contributed by atoms with Crippen molar-refractivity contribution < 1.29 is 49.3 Å². The maximum atomic E-state index is 11.1. The van der Waals surface area contributed by atoms with Crippen LogP contribution < -0.4 is 36.8 Å². The van der Waals surface area contributed by atoms with Gasteiger partial charge in [0, 0.05) is 206 Å². The van der Waals surface area contributed by atoms with Crippen LogP contribution in [0, 0.1) is 27.7 Å². The minimum Gasteiger partial charge on any atom is -0.748 e. The van der Waals surface area contributed by atoms with E-state index in [1.165, 1.54) is 163 Å². The molecule has 8 aromatic carbocycles. The standard InChI is InChI=1S/C34H45N3O6S2.C34H48N3.C28H36N3.C28H34N2O/c1-25-15-17-29-27(23-25)33(2,3)31(36(29)19-9-11-21-44(38,39)40)13-7-6-8-14-32-34(4,5)28-24-26(35)16-18-30(28)37(32)20-10-12-22-45(41,42)43;1-8-10-12-21-36-29-19-17-25(3)23-27(29)33(4,5)31(36)15-14-16-32-34(6,7)28-24-26(35)18-20-30(28)37(32)22-13-11-9-2;1-8-30-23-15-13-19(3)17-21(23)27(4,5)25(30)11-10-12-26-28(6,7)22-18-20(29)14-16-24(22)31(26)9-2;1-8-29-23-15-13-19(3)17-21(23)27(4,5)25(29)11-10-12-26-28(6,7)22-18-20(31)14-16-24(22)30(26)9-2/h6-8,13-18,23-24H,9-12,19-22,35H2,1-5H3,(H-,38,39,40,41,42,43);14-20,23-24H,8-13,21-22,35H2,1-7H3;10-18H,8-9,29H2,1-7H3;10-18H,8-9H2,1-7H3/q;2*+1;. The average Bonchev–Trinajstić information content (AvgIpc) is 1.52. The second-order valence-electron chi connectivity index (χ2n) is 44.6. The zero-order chi connectivity index (χ0) is 105. The first-order valence-corrected chi connectivity index (χ1v) is 55.7. The Hall–Kier alpha value is -11.7.